The van der Waals surface area contributed by atoms with Gasteiger partial charge in [-0.05, 0) is 56.1 Å². The van der Waals surface area contributed by atoms with E-state index >= 15 is 0 Å². The molecule has 0 radical (unpaired) electrons. The summed E-state index contributed by atoms with van der Waals surface area (Å²) in [5.74, 6) is 2.08. The maximum absolute atomic E-state index is 11.7. The van der Waals surface area contributed by atoms with Gasteiger partial charge < -0.3 is 16.0 Å². The Morgan fingerprint density at radius 1 is 1.22 bits per heavy atom. The zero-order valence-corrected chi connectivity index (χ0v) is 17.4. The van der Waals surface area contributed by atoms with Crippen molar-refractivity contribution in [2.24, 2.45) is 16.8 Å². The van der Waals surface area contributed by atoms with E-state index in [2.05, 4.69) is 50.3 Å². The van der Waals surface area contributed by atoms with Crippen LogP contribution in [0.25, 0.3) is 0 Å². The van der Waals surface area contributed by atoms with Crippen molar-refractivity contribution in [3.63, 3.8) is 0 Å². The first kappa shape index (κ1) is 20.1. The summed E-state index contributed by atoms with van der Waals surface area (Å²) >= 11 is 1.83. The van der Waals surface area contributed by atoms with Crippen molar-refractivity contribution in [2.75, 3.05) is 39.8 Å². The second-order valence-corrected chi connectivity index (χ2v) is 8.67. The summed E-state index contributed by atoms with van der Waals surface area (Å²) in [6.07, 6.45) is 4.63. The number of thiophene rings is 1. The number of rotatable bonds is 8. The average molecular weight is 392 g/mol. The minimum absolute atomic E-state index is 0.192. The lowest BCUT2D eigenvalue weighted by atomic mass is 9.97. The third kappa shape index (κ3) is 6.21. The van der Waals surface area contributed by atoms with Gasteiger partial charge in [0.25, 0.3) is 0 Å². The first-order valence-corrected chi connectivity index (χ1v) is 11.0. The van der Waals surface area contributed by atoms with Crippen LogP contribution in [0.4, 0.5) is 0 Å². The maximum Gasteiger partial charge on any atom is 0.223 e. The van der Waals surface area contributed by atoms with E-state index in [1.807, 2.05) is 11.3 Å². The van der Waals surface area contributed by atoms with Gasteiger partial charge in [0.05, 0.1) is 6.04 Å². The molecule has 1 aromatic rings. The van der Waals surface area contributed by atoms with Crippen molar-refractivity contribution in [1.82, 2.24) is 20.9 Å². The molecule has 1 amide bonds. The molecule has 1 aromatic heterocycles. The highest BCUT2D eigenvalue weighted by molar-refractivity contribution is 7.10. The first-order chi connectivity index (χ1) is 13.2. The van der Waals surface area contributed by atoms with Crippen LogP contribution in [-0.2, 0) is 4.79 Å². The monoisotopic (exact) mass is 391 g/mol. The zero-order valence-electron chi connectivity index (χ0n) is 16.5. The Labute approximate surface area is 166 Å². The molecule has 2 aliphatic rings. The minimum Gasteiger partial charge on any atom is -0.355 e. The Hall–Kier alpha value is -1.60. The van der Waals surface area contributed by atoms with Gasteiger partial charge in [0.2, 0.25) is 5.91 Å². The number of hydrogen-bond donors (Lipinski definition) is 3. The topological polar surface area (TPSA) is 68.8 Å². The van der Waals surface area contributed by atoms with Crippen LogP contribution in [0.3, 0.4) is 0 Å². The molecule has 0 spiro atoms. The van der Waals surface area contributed by atoms with Crippen molar-refractivity contribution in [3.8, 4) is 0 Å². The van der Waals surface area contributed by atoms with Gasteiger partial charge >= 0.3 is 0 Å². The van der Waals surface area contributed by atoms with E-state index in [9.17, 15) is 4.79 Å². The molecule has 1 saturated carbocycles. The molecule has 1 atom stereocenters. The third-order valence-corrected chi connectivity index (χ3v) is 6.46. The number of guanidine groups is 1. The zero-order chi connectivity index (χ0) is 19.1. The lowest BCUT2D eigenvalue weighted by molar-refractivity contribution is -0.122. The fraction of sp³-hybridized carbons (Fsp3) is 0.700. The highest BCUT2D eigenvalue weighted by atomic mass is 32.1. The van der Waals surface area contributed by atoms with E-state index in [1.165, 1.54) is 17.7 Å². The molecule has 1 aliphatic heterocycles. The minimum atomic E-state index is 0.192. The number of piperidine rings is 1. The largest absolute Gasteiger partial charge is 0.355 e. The molecule has 1 aliphatic carbocycles. The van der Waals surface area contributed by atoms with Crippen molar-refractivity contribution in [1.29, 1.82) is 0 Å². The van der Waals surface area contributed by atoms with Gasteiger partial charge in [0.15, 0.2) is 5.96 Å². The second kappa shape index (κ2) is 10.1. The first-order valence-electron chi connectivity index (χ1n) is 10.2. The van der Waals surface area contributed by atoms with E-state index in [4.69, 9.17) is 0 Å². The van der Waals surface area contributed by atoms with Crippen LogP contribution in [0.2, 0.25) is 0 Å². The quantitative estimate of drug-likeness (QED) is 0.361. The number of carbonyl (C=O) groups excluding carboxylic acids is 1. The number of hydrogen-bond acceptors (Lipinski definition) is 4. The van der Waals surface area contributed by atoms with Crippen molar-refractivity contribution >= 4 is 23.2 Å². The van der Waals surface area contributed by atoms with Gasteiger partial charge in [-0.2, -0.15) is 0 Å². The van der Waals surface area contributed by atoms with Gasteiger partial charge in [-0.3, -0.25) is 14.7 Å². The highest BCUT2D eigenvalue weighted by Crippen LogP contribution is 2.29. The van der Waals surface area contributed by atoms with Crippen LogP contribution in [0, 0.1) is 11.8 Å². The fourth-order valence-corrected chi connectivity index (χ4v) is 4.36. The molecule has 7 heteroatoms. The number of nitrogens with one attached hydrogen (secondary N) is 3. The van der Waals surface area contributed by atoms with E-state index in [1.54, 1.807) is 7.05 Å². The Balaban J connectivity index is 1.45. The molecule has 3 N–H and O–H groups in total. The van der Waals surface area contributed by atoms with Crippen molar-refractivity contribution in [3.05, 3.63) is 22.4 Å². The van der Waals surface area contributed by atoms with Crippen LogP contribution in [-0.4, -0.2) is 56.5 Å². The van der Waals surface area contributed by atoms with Crippen LogP contribution >= 0.6 is 11.3 Å². The number of aliphatic imine (C=N–C) groups is 1. The number of amides is 1. The standard InChI is InChI=1S/C20H33N5OS/c1-15-7-11-25(12-8-15)17(18-4-3-13-27-18)14-24-20(21-2)23-10-9-22-19(26)16-5-6-16/h3-4,13,15-17H,5-12,14H2,1-2H3,(H,22,26)(H2,21,23,24). The number of nitrogens with zero attached hydrogens (tertiary/aromatic N) is 2. The third-order valence-electron chi connectivity index (χ3n) is 5.48. The Morgan fingerprint density at radius 2 is 1.96 bits per heavy atom. The van der Waals surface area contributed by atoms with Gasteiger partial charge in [0, 0.05) is 37.5 Å². The molecule has 2 fully saturated rings. The predicted octanol–water partition coefficient (Wildman–Crippen LogP) is 2.21. The second-order valence-electron chi connectivity index (χ2n) is 7.69. The lowest BCUT2D eigenvalue weighted by Gasteiger charge is -2.36. The maximum atomic E-state index is 11.7. The summed E-state index contributed by atoms with van der Waals surface area (Å²) in [6, 6.07) is 4.75. The van der Waals surface area contributed by atoms with Crippen LogP contribution in [0.15, 0.2) is 22.5 Å². The summed E-state index contributed by atoms with van der Waals surface area (Å²) < 4.78 is 0. The molecule has 0 bridgehead atoms. The molecule has 27 heavy (non-hydrogen) atoms. The van der Waals surface area contributed by atoms with Crippen molar-refractivity contribution in [2.45, 2.75) is 38.6 Å². The Morgan fingerprint density at radius 3 is 2.59 bits per heavy atom. The van der Waals surface area contributed by atoms with Gasteiger partial charge in [-0.15, -0.1) is 11.3 Å². The molecule has 1 unspecified atom stereocenters. The van der Waals surface area contributed by atoms with E-state index < -0.39 is 0 Å². The summed E-state index contributed by atoms with van der Waals surface area (Å²) in [4.78, 5) is 20.0. The van der Waals surface area contributed by atoms with Gasteiger partial charge in [-0.25, -0.2) is 0 Å². The van der Waals surface area contributed by atoms with Gasteiger partial charge in [0.1, 0.15) is 0 Å². The van der Waals surface area contributed by atoms with E-state index in [0.717, 1.165) is 44.4 Å². The summed E-state index contributed by atoms with van der Waals surface area (Å²) in [5, 5.41) is 11.9. The highest BCUT2D eigenvalue weighted by Gasteiger charge is 2.29. The van der Waals surface area contributed by atoms with Crippen LogP contribution in [0.5, 0.6) is 0 Å². The van der Waals surface area contributed by atoms with E-state index in [0.29, 0.717) is 19.1 Å². The smallest absolute Gasteiger partial charge is 0.223 e. The van der Waals surface area contributed by atoms with Crippen LogP contribution in [0.1, 0.15) is 43.5 Å². The van der Waals surface area contributed by atoms with Crippen molar-refractivity contribution < 1.29 is 4.79 Å². The molecule has 1 saturated heterocycles. The molecule has 6 nitrogen and oxygen atoms in total. The lowest BCUT2D eigenvalue weighted by Crippen LogP contribution is -2.46. The molecular weight excluding hydrogens is 358 g/mol. The average Bonchev–Trinajstić information content (AvgIpc) is 3.40. The summed E-state index contributed by atoms with van der Waals surface area (Å²) in [7, 11) is 1.79. The molecule has 3 rings (SSSR count). The molecule has 0 aromatic carbocycles. The normalized spacial score (nSPS) is 20.3. The van der Waals surface area contributed by atoms with Crippen LogP contribution < -0.4 is 16.0 Å². The Bertz CT molecular complexity index is 606. The van der Waals surface area contributed by atoms with E-state index in [-0.39, 0.29) is 11.8 Å². The van der Waals surface area contributed by atoms with Gasteiger partial charge in [-0.1, -0.05) is 13.0 Å². The Kier molecular flexibility index (Phi) is 7.52. The predicted molar refractivity (Wildman–Crippen MR) is 112 cm³/mol. The number of carbonyl (C=O) groups is 1. The molecular formula is C20H33N5OS. The fourth-order valence-electron chi connectivity index (χ4n) is 3.50. The SMILES string of the molecule is CN=C(NCCNC(=O)C1CC1)NCC(c1cccs1)N1CCC(C)CC1. The molecule has 150 valence electrons. The number of likely N-dealkylation sites (tertiary alicyclic amines) is 1. The summed E-state index contributed by atoms with van der Waals surface area (Å²) in [6.45, 7) is 6.82. The summed E-state index contributed by atoms with van der Waals surface area (Å²) in [5.41, 5.74) is 0. The molecule has 2 heterocycles.